The van der Waals surface area contributed by atoms with Crippen molar-refractivity contribution in [1.29, 1.82) is 0 Å². The van der Waals surface area contributed by atoms with Crippen molar-refractivity contribution in [1.82, 2.24) is 9.62 Å². The highest BCUT2D eigenvalue weighted by Crippen LogP contribution is 2.26. The van der Waals surface area contributed by atoms with E-state index in [1.807, 2.05) is 19.0 Å². The maximum atomic E-state index is 13.7. The largest absolute Gasteiger partial charge is 0.309 e. The highest BCUT2D eigenvalue weighted by atomic mass is 79.9. The lowest BCUT2D eigenvalue weighted by atomic mass is 10.2. The molecule has 0 bridgehead atoms. The van der Waals surface area contributed by atoms with E-state index in [1.54, 1.807) is 6.92 Å². The molecule has 20 heavy (non-hydrogen) atoms. The van der Waals surface area contributed by atoms with Crippen molar-refractivity contribution in [2.75, 3.05) is 20.6 Å². The smallest absolute Gasteiger partial charge is 0.244 e. The molecule has 0 heterocycles. The van der Waals surface area contributed by atoms with Crippen LogP contribution in [0.15, 0.2) is 21.5 Å². The number of halogens is 3. The molecule has 0 radical (unpaired) electrons. The van der Waals surface area contributed by atoms with Gasteiger partial charge >= 0.3 is 0 Å². The highest BCUT2D eigenvalue weighted by molar-refractivity contribution is 9.10. The number of hydrogen-bond acceptors (Lipinski definition) is 3. The van der Waals surface area contributed by atoms with Crippen LogP contribution in [-0.4, -0.2) is 40.0 Å². The maximum absolute atomic E-state index is 13.7. The van der Waals surface area contributed by atoms with Crippen molar-refractivity contribution in [3.63, 3.8) is 0 Å². The summed E-state index contributed by atoms with van der Waals surface area (Å²) in [7, 11) is -0.298. The van der Waals surface area contributed by atoms with Crippen molar-refractivity contribution in [3.8, 4) is 0 Å². The second-order valence-corrected chi connectivity index (χ2v) is 7.32. The molecule has 0 aliphatic carbocycles. The number of rotatable bonds is 6. The molecule has 1 aromatic rings. The molecule has 1 atom stereocenters. The Labute approximate surface area is 126 Å². The summed E-state index contributed by atoms with van der Waals surface area (Å²) in [5.41, 5.74) is 0. The minimum atomic E-state index is -4.04. The van der Waals surface area contributed by atoms with Gasteiger partial charge in [-0.1, -0.05) is 0 Å². The van der Waals surface area contributed by atoms with Crippen molar-refractivity contribution >= 4 is 26.0 Å². The van der Waals surface area contributed by atoms with Crippen LogP contribution in [0.4, 0.5) is 8.78 Å². The van der Waals surface area contributed by atoms with E-state index in [4.69, 9.17) is 0 Å². The molecule has 1 aromatic carbocycles. The molecule has 1 rings (SSSR count). The Bertz CT molecular complexity index is 556. The van der Waals surface area contributed by atoms with Gasteiger partial charge < -0.3 is 4.90 Å². The van der Waals surface area contributed by atoms with Crippen LogP contribution in [0.25, 0.3) is 0 Å². The molecule has 8 heteroatoms. The van der Waals surface area contributed by atoms with E-state index in [2.05, 4.69) is 20.7 Å². The van der Waals surface area contributed by atoms with E-state index in [9.17, 15) is 17.2 Å². The van der Waals surface area contributed by atoms with Gasteiger partial charge in [0.1, 0.15) is 16.5 Å². The van der Waals surface area contributed by atoms with E-state index in [0.29, 0.717) is 19.0 Å². The lowest BCUT2D eigenvalue weighted by Crippen LogP contribution is -2.35. The minimum Gasteiger partial charge on any atom is -0.309 e. The zero-order valence-corrected chi connectivity index (χ0v) is 13.9. The van der Waals surface area contributed by atoms with Crippen molar-refractivity contribution in [2.24, 2.45) is 0 Å². The number of hydrogen-bond donors (Lipinski definition) is 1. The van der Waals surface area contributed by atoms with Crippen molar-refractivity contribution in [3.05, 3.63) is 28.2 Å². The summed E-state index contributed by atoms with van der Waals surface area (Å²) >= 11 is 2.88. The van der Waals surface area contributed by atoms with E-state index >= 15 is 0 Å². The van der Waals surface area contributed by atoms with Gasteiger partial charge in [0.25, 0.3) is 0 Å². The quantitative estimate of drug-likeness (QED) is 0.835. The van der Waals surface area contributed by atoms with Gasteiger partial charge in [-0.15, -0.1) is 0 Å². The third-order valence-corrected chi connectivity index (χ3v) is 5.15. The van der Waals surface area contributed by atoms with Crippen LogP contribution in [-0.2, 0) is 10.0 Å². The molecule has 0 amide bonds. The van der Waals surface area contributed by atoms with Crippen LogP contribution in [0, 0.1) is 11.6 Å². The zero-order valence-electron chi connectivity index (χ0n) is 11.5. The number of nitrogens with zero attached hydrogens (tertiary/aromatic N) is 1. The molecule has 0 saturated heterocycles. The third kappa shape index (κ3) is 4.76. The van der Waals surface area contributed by atoms with Gasteiger partial charge in [0.15, 0.2) is 0 Å². The molecule has 114 valence electrons. The summed E-state index contributed by atoms with van der Waals surface area (Å²) in [5.74, 6) is -1.96. The molecular formula is C12H17BrF2N2O2S. The normalized spacial score (nSPS) is 13.8. The van der Waals surface area contributed by atoms with E-state index < -0.39 is 26.6 Å². The molecule has 1 N–H and O–H groups in total. The van der Waals surface area contributed by atoms with E-state index in [1.165, 1.54) is 0 Å². The second-order valence-electron chi connectivity index (χ2n) is 4.81. The summed E-state index contributed by atoms with van der Waals surface area (Å²) < 4.78 is 53.1. The molecule has 0 saturated carbocycles. The molecule has 0 aliphatic heterocycles. The zero-order chi connectivity index (χ0) is 15.5. The first kappa shape index (κ1) is 17.5. The SMILES string of the molecule is CC(CCN(C)C)NS(=O)(=O)c1c(F)cc(F)cc1Br. The lowest BCUT2D eigenvalue weighted by Gasteiger charge is -2.17. The number of sulfonamides is 1. The van der Waals surface area contributed by atoms with Gasteiger partial charge in [0, 0.05) is 16.6 Å². The number of benzene rings is 1. The molecular weight excluding hydrogens is 354 g/mol. The van der Waals surface area contributed by atoms with Crippen LogP contribution < -0.4 is 4.72 Å². The summed E-state index contributed by atoms with van der Waals surface area (Å²) in [6.07, 6.45) is 0.576. The van der Waals surface area contributed by atoms with E-state index in [0.717, 1.165) is 6.07 Å². The number of nitrogens with one attached hydrogen (secondary N) is 1. The second kappa shape index (κ2) is 6.93. The van der Waals surface area contributed by atoms with Crippen LogP contribution >= 0.6 is 15.9 Å². The Morgan fingerprint density at radius 1 is 1.35 bits per heavy atom. The first-order valence-corrected chi connectivity index (χ1v) is 8.22. The van der Waals surface area contributed by atoms with Crippen LogP contribution in [0.1, 0.15) is 13.3 Å². The fraction of sp³-hybridized carbons (Fsp3) is 0.500. The third-order valence-electron chi connectivity index (χ3n) is 2.60. The highest BCUT2D eigenvalue weighted by Gasteiger charge is 2.25. The Morgan fingerprint density at radius 3 is 2.45 bits per heavy atom. The molecule has 1 unspecified atom stereocenters. The predicted octanol–water partition coefficient (Wildman–Crippen LogP) is 2.35. The molecule has 4 nitrogen and oxygen atoms in total. The Kier molecular flexibility index (Phi) is 6.06. The maximum Gasteiger partial charge on any atom is 0.244 e. The van der Waals surface area contributed by atoms with Crippen LogP contribution in [0.2, 0.25) is 0 Å². The Hall–Kier alpha value is -0.570. The standard InChI is InChI=1S/C12H17BrF2N2O2S/c1-8(4-5-17(2)3)16-20(18,19)12-10(13)6-9(14)7-11(12)15/h6-8,16H,4-5H2,1-3H3. The van der Waals surface area contributed by atoms with E-state index in [-0.39, 0.29) is 10.5 Å². The average Bonchev–Trinajstić information content (AvgIpc) is 2.23. The summed E-state index contributed by atoms with van der Waals surface area (Å²) in [6.45, 7) is 2.38. The van der Waals surface area contributed by atoms with Gasteiger partial charge in [0.05, 0.1) is 0 Å². The predicted molar refractivity (Wildman–Crippen MR) is 77.0 cm³/mol. The summed E-state index contributed by atoms with van der Waals surface area (Å²) in [4.78, 5) is 1.34. The van der Waals surface area contributed by atoms with Crippen molar-refractivity contribution < 1.29 is 17.2 Å². The molecule has 0 fully saturated rings. The van der Waals surface area contributed by atoms with Crippen molar-refractivity contribution in [2.45, 2.75) is 24.3 Å². The van der Waals surface area contributed by atoms with Gasteiger partial charge in [-0.2, -0.15) is 0 Å². The first-order chi connectivity index (χ1) is 9.13. The monoisotopic (exact) mass is 370 g/mol. The summed E-state index contributed by atoms with van der Waals surface area (Å²) in [5, 5.41) is 0. The van der Waals surface area contributed by atoms with Gasteiger partial charge in [-0.05, 0) is 56.0 Å². The van der Waals surface area contributed by atoms with Gasteiger partial charge in [0.2, 0.25) is 10.0 Å². The van der Waals surface area contributed by atoms with Crippen LogP contribution in [0.5, 0.6) is 0 Å². The average molecular weight is 371 g/mol. The Morgan fingerprint density at radius 2 is 1.95 bits per heavy atom. The summed E-state index contributed by atoms with van der Waals surface area (Å²) in [6, 6.07) is 1.10. The molecule has 0 spiro atoms. The van der Waals surface area contributed by atoms with Gasteiger partial charge in [-0.3, -0.25) is 0 Å². The molecule has 0 aliphatic rings. The Balaban J connectivity index is 2.95. The fourth-order valence-corrected chi connectivity index (χ4v) is 4.06. The van der Waals surface area contributed by atoms with Gasteiger partial charge in [-0.25, -0.2) is 21.9 Å². The lowest BCUT2D eigenvalue weighted by molar-refractivity contribution is 0.378. The first-order valence-electron chi connectivity index (χ1n) is 5.95. The van der Waals surface area contributed by atoms with Crippen LogP contribution in [0.3, 0.4) is 0 Å². The molecule has 0 aromatic heterocycles. The topological polar surface area (TPSA) is 49.4 Å². The fourth-order valence-electron chi connectivity index (χ4n) is 1.62. The minimum absolute atomic E-state index is 0.137.